The molecule has 4 aromatic rings. The Balaban J connectivity index is 1.71. The molecule has 2 aromatic carbocycles. The maximum atomic E-state index is 12.6. The average Bonchev–Trinajstić information content (AvgIpc) is 3.08. The van der Waals surface area contributed by atoms with Gasteiger partial charge < -0.3 is 9.73 Å². The molecule has 0 aliphatic heterocycles. The number of carbonyl (C=O) groups excluding carboxylic acids is 1. The SMILES string of the molecule is Cc1nc(-c2ccccc2NC(=O)c2cc(=O)c3ccccc3o2)cs1. The lowest BCUT2D eigenvalue weighted by molar-refractivity contribution is 0.0997. The van der Waals surface area contributed by atoms with E-state index >= 15 is 0 Å². The second-order valence-electron chi connectivity index (χ2n) is 5.72. The average molecular weight is 362 g/mol. The second-order valence-corrected chi connectivity index (χ2v) is 6.78. The van der Waals surface area contributed by atoms with E-state index < -0.39 is 5.91 Å². The van der Waals surface area contributed by atoms with Crippen molar-refractivity contribution in [2.24, 2.45) is 0 Å². The normalized spacial score (nSPS) is 10.8. The fourth-order valence-electron chi connectivity index (χ4n) is 2.70. The van der Waals surface area contributed by atoms with Crippen molar-refractivity contribution in [2.75, 3.05) is 5.32 Å². The Bertz CT molecular complexity index is 1180. The predicted molar refractivity (Wildman–Crippen MR) is 103 cm³/mol. The number of nitrogens with zero attached hydrogens (tertiary/aromatic N) is 1. The monoisotopic (exact) mass is 362 g/mol. The molecule has 1 amide bonds. The van der Waals surface area contributed by atoms with E-state index in [1.54, 1.807) is 41.7 Å². The standard InChI is InChI=1S/C20H14N2O3S/c1-12-21-16(11-26-12)13-6-2-4-8-15(13)22-20(24)19-10-17(23)14-7-3-5-9-18(14)25-19/h2-11H,1H3,(H,22,24). The second kappa shape index (κ2) is 6.57. The minimum atomic E-state index is -0.479. The van der Waals surface area contributed by atoms with Crippen molar-refractivity contribution in [2.45, 2.75) is 6.92 Å². The largest absolute Gasteiger partial charge is 0.451 e. The maximum absolute atomic E-state index is 12.6. The summed E-state index contributed by atoms with van der Waals surface area (Å²) >= 11 is 1.54. The first-order valence-electron chi connectivity index (χ1n) is 7.97. The Labute approximate surface area is 152 Å². The summed E-state index contributed by atoms with van der Waals surface area (Å²) in [6.45, 7) is 1.93. The van der Waals surface area contributed by atoms with Crippen molar-refractivity contribution in [3.05, 3.63) is 81.0 Å². The molecule has 0 spiro atoms. The van der Waals surface area contributed by atoms with Gasteiger partial charge in [0.05, 0.1) is 21.8 Å². The zero-order valence-corrected chi connectivity index (χ0v) is 14.7. The van der Waals surface area contributed by atoms with Gasteiger partial charge in [0, 0.05) is 17.0 Å². The van der Waals surface area contributed by atoms with Gasteiger partial charge in [0.2, 0.25) is 0 Å². The zero-order valence-electron chi connectivity index (χ0n) is 13.9. The van der Waals surface area contributed by atoms with E-state index in [2.05, 4.69) is 10.3 Å². The summed E-state index contributed by atoms with van der Waals surface area (Å²) in [6.07, 6.45) is 0. The molecule has 1 N–H and O–H groups in total. The van der Waals surface area contributed by atoms with Gasteiger partial charge in [0.1, 0.15) is 5.58 Å². The number of aromatic nitrogens is 1. The molecule has 4 rings (SSSR count). The molecule has 0 aliphatic carbocycles. The van der Waals surface area contributed by atoms with Gasteiger partial charge in [-0.1, -0.05) is 30.3 Å². The number of hydrogen-bond acceptors (Lipinski definition) is 5. The van der Waals surface area contributed by atoms with Crippen LogP contribution in [0.5, 0.6) is 0 Å². The Kier molecular flexibility index (Phi) is 4.10. The topological polar surface area (TPSA) is 72.2 Å². The number of hydrogen-bond donors (Lipinski definition) is 1. The molecule has 26 heavy (non-hydrogen) atoms. The van der Waals surface area contributed by atoms with Crippen LogP contribution in [0.1, 0.15) is 15.6 Å². The molecule has 0 aliphatic rings. The smallest absolute Gasteiger partial charge is 0.291 e. The number of carbonyl (C=O) groups is 1. The molecule has 2 aromatic heterocycles. The molecule has 0 radical (unpaired) electrons. The van der Waals surface area contributed by atoms with Crippen molar-refractivity contribution in [3.8, 4) is 11.3 Å². The van der Waals surface area contributed by atoms with Crippen LogP contribution in [-0.4, -0.2) is 10.9 Å². The number of nitrogens with one attached hydrogen (secondary N) is 1. The highest BCUT2D eigenvalue weighted by Crippen LogP contribution is 2.29. The Morgan fingerprint density at radius 1 is 1.12 bits per heavy atom. The van der Waals surface area contributed by atoms with Crippen LogP contribution in [0.4, 0.5) is 5.69 Å². The first-order chi connectivity index (χ1) is 12.6. The zero-order chi connectivity index (χ0) is 18.1. The van der Waals surface area contributed by atoms with E-state index in [0.717, 1.165) is 16.3 Å². The van der Waals surface area contributed by atoms with E-state index in [1.165, 1.54) is 6.07 Å². The van der Waals surface area contributed by atoms with Crippen molar-refractivity contribution in [1.82, 2.24) is 4.98 Å². The quantitative estimate of drug-likeness (QED) is 0.583. The van der Waals surface area contributed by atoms with Gasteiger partial charge in [-0.05, 0) is 25.1 Å². The Morgan fingerprint density at radius 3 is 2.69 bits per heavy atom. The number of rotatable bonds is 3. The molecule has 0 bridgehead atoms. The van der Waals surface area contributed by atoms with Gasteiger partial charge >= 0.3 is 0 Å². The minimum absolute atomic E-state index is 0.0297. The van der Waals surface area contributed by atoms with Crippen LogP contribution in [0.15, 0.2) is 69.2 Å². The number of amides is 1. The Hall–Kier alpha value is -3.25. The number of para-hydroxylation sites is 2. The van der Waals surface area contributed by atoms with Gasteiger partial charge in [-0.2, -0.15) is 0 Å². The number of benzene rings is 2. The van der Waals surface area contributed by atoms with Crippen LogP contribution in [0.3, 0.4) is 0 Å². The highest BCUT2D eigenvalue weighted by molar-refractivity contribution is 7.09. The number of aryl methyl sites for hydroxylation is 1. The molecular weight excluding hydrogens is 348 g/mol. The van der Waals surface area contributed by atoms with Crippen LogP contribution in [0.25, 0.3) is 22.2 Å². The van der Waals surface area contributed by atoms with E-state index in [4.69, 9.17) is 4.42 Å². The fraction of sp³-hybridized carbons (Fsp3) is 0.0500. The molecule has 0 atom stereocenters. The van der Waals surface area contributed by atoms with Crippen LogP contribution in [0.2, 0.25) is 0 Å². The van der Waals surface area contributed by atoms with Gasteiger partial charge in [-0.25, -0.2) is 4.98 Å². The highest BCUT2D eigenvalue weighted by atomic mass is 32.1. The van der Waals surface area contributed by atoms with Gasteiger partial charge in [-0.3, -0.25) is 9.59 Å². The van der Waals surface area contributed by atoms with E-state index in [1.807, 2.05) is 30.5 Å². The predicted octanol–water partition coefficient (Wildman–Crippen LogP) is 4.48. The van der Waals surface area contributed by atoms with Crippen LogP contribution in [0, 0.1) is 6.92 Å². The lowest BCUT2D eigenvalue weighted by atomic mass is 10.1. The van der Waals surface area contributed by atoms with E-state index in [9.17, 15) is 9.59 Å². The number of anilines is 1. The molecule has 2 heterocycles. The summed E-state index contributed by atoms with van der Waals surface area (Å²) in [6, 6.07) is 15.5. The summed E-state index contributed by atoms with van der Waals surface area (Å²) in [4.78, 5) is 29.3. The first-order valence-corrected chi connectivity index (χ1v) is 8.85. The highest BCUT2D eigenvalue weighted by Gasteiger charge is 2.15. The maximum Gasteiger partial charge on any atom is 0.291 e. The van der Waals surface area contributed by atoms with Crippen LogP contribution in [-0.2, 0) is 0 Å². The minimum Gasteiger partial charge on any atom is -0.451 e. The van der Waals surface area contributed by atoms with Crippen LogP contribution >= 0.6 is 11.3 Å². The van der Waals surface area contributed by atoms with Crippen LogP contribution < -0.4 is 10.7 Å². The third-order valence-corrected chi connectivity index (χ3v) is 4.70. The van der Waals surface area contributed by atoms with Crippen molar-refractivity contribution in [1.29, 1.82) is 0 Å². The summed E-state index contributed by atoms with van der Waals surface area (Å²) in [5.74, 6) is -0.509. The number of thiazole rings is 1. The summed E-state index contributed by atoms with van der Waals surface area (Å²) in [5.41, 5.74) is 2.35. The molecule has 0 unspecified atom stereocenters. The third kappa shape index (κ3) is 3.02. The lowest BCUT2D eigenvalue weighted by Gasteiger charge is -2.09. The number of fused-ring (bicyclic) bond motifs is 1. The third-order valence-electron chi connectivity index (χ3n) is 3.93. The first kappa shape index (κ1) is 16.2. The fourth-order valence-corrected chi connectivity index (χ4v) is 3.32. The van der Waals surface area contributed by atoms with Gasteiger partial charge in [0.15, 0.2) is 11.2 Å². The van der Waals surface area contributed by atoms with Crippen molar-refractivity contribution < 1.29 is 9.21 Å². The molecular formula is C20H14N2O3S. The van der Waals surface area contributed by atoms with E-state index in [0.29, 0.717) is 16.7 Å². The molecule has 0 fully saturated rings. The molecule has 0 saturated carbocycles. The lowest BCUT2D eigenvalue weighted by Crippen LogP contribution is -2.15. The summed E-state index contributed by atoms with van der Waals surface area (Å²) in [7, 11) is 0. The van der Waals surface area contributed by atoms with E-state index in [-0.39, 0.29) is 11.2 Å². The molecule has 0 saturated heterocycles. The summed E-state index contributed by atoms with van der Waals surface area (Å²) < 4.78 is 5.60. The summed E-state index contributed by atoms with van der Waals surface area (Å²) in [5, 5.41) is 6.15. The molecule has 128 valence electrons. The van der Waals surface area contributed by atoms with Crippen molar-refractivity contribution >= 4 is 33.9 Å². The van der Waals surface area contributed by atoms with Gasteiger partial charge in [-0.15, -0.1) is 11.3 Å². The van der Waals surface area contributed by atoms with Crippen molar-refractivity contribution in [3.63, 3.8) is 0 Å². The van der Waals surface area contributed by atoms with Gasteiger partial charge in [0.25, 0.3) is 5.91 Å². The Morgan fingerprint density at radius 2 is 1.88 bits per heavy atom. The molecule has 6 heteroatoms. The molecule has 5 nitrogen and oxygen atoms in total.